The first-order valence-corrected chi connectivity index (χ1v) is 8.22. The fraction of sp³-hybridized carbons (Fsp3) is 0.556. The summed E-state index contributed by atoms with van der Waals surface area (Å²) in [6.45, 7) is 0.0545. The number of benzene rings is 1. The van der Waals surface area contributed by atoms with Gasteiger partial charge in [0.15, 0.2) is 0 Å². The molecule has 1 aromatic carbocycles. The first-order chi connectivity index (χ1) is 11.6. The molecule has 1 saturated carbocycles. The van der Waals surface area contributed by atoms with Crippen molar-refractivity contribution in [2.75, 3.05) is 20.7 Å². The summed E-state index contributed by atoms with van der Waals surface area (Å²) in [4.78, 5) is 25.1. The number of esters is 1. The van der Waals surface area contributed by atoms with E-state index in [2.05, 4.69) is 0 Å². The molecule has 6 heteroatoms. The Morgan fingerprint density at radius 3 is 2.58 bits per heavy atom. The predicted molar refractivity (Wildman–Crippen MR) is 88.4 cm³/mol. The van der Waals surface area contributed by atoms with Crippen molar-refractivity contribution in [1.29, 1.82) is 0 Å². The fourth-order valence-electron chi connectivity index (χ4n) is 2.73. The highest BCUT2D eigenvalue weighted by molar-refractivity contribution is 5.77. The molecule has 1 fully saturated rings. The van der Waals surface area contributed by atoms with E-state index in [1.165, 1.54) is 11.9 Å². The van der Waals surface area contributed by atoms with Gasteiger partial charge in [0.2, 0.25) is 0 Å². The van der Waals surface area contributed by atoms with Crippen LogP contribution in [0.4, 0.5) is 4.79 Å². The molecule has 0 saturated heterocycles. The van der Waals surface area contributed by atoms with Gasteiger partial charge < -0.3 is 19.1 Å². The van der Waals surface area contributed by atoms with Crippen LogP contribution in [0.15, 0.2) is 30.3 Å². The summed E-state index contributed by atoms with van der Waals surface area (Å²) in [5, 5.41) is 0. The number of ether oxygens (including phenoxy) is 3. The second-order valence-electron chi connectivity index (χ2n) is 6.03. The maximum absolute atomic E-state index is 12.0. The first-order valence-electron chi connectivity index (χ1n) is 8.22. The van der Waals surface area contributed by atoms with Gasteiger partial charge in [-0.1, -0.05) is 30.3 Å². The summed E-state index contributed by atoms with van der Waals surface area (Å²) >= 11 is 0. The van der Waals surface area contributed by atoms with Gasteiger partial charge in [-0.05, 0) is 24.8 Å². The van der Waals surface area contributed by atoms with Gasteiger partial charge in [-0.2, -0.15) is 0 Å². The van der Waals surface area contributed by atoms with Crippen molar-refractivity contribution in [1.82, 2.24) is 4.90 Å². The third kappa shape index (κ3) is 5.85. The van der Waals surface area contributed by atoms with E-state index < -0.39 is 12.1 Å². The van der Waals surface area contributed by atoms with E-state index in [4.69, 9.17) is 14.2 Å². The van der Waals surface area contributed by atoms with Gasteiger partial charge in [0.25, 0.3) is 0 Å². The number of methoxy groups -OCH3 is 1. The lowest BCUT2D eigenvalue weighted by Crippen LogP contribution is -2.36. The van der Waals surface area contributed by atoms with Crippen LogP contribution >= 0.6 is 0 Å². The van der Waals surface area contributed by atoms with Crippen LogP contribution in [0.25, 0.3) is 0 Å². The zero-order valence-electron chi connectivity index (χ0n) is 14.3. The summed E-state index contributed by atoms with van der Waals surface area (Å²) in [5.41, 5.74) is 0.898. The number of likely N-dealkylation sites (N-methyl/N-ethyl adjacent to an activating group) is 1. The van der Waals surface area contributed by atoms with Crippen molar-refractivity contribution >= 4 is 12.1 Å². The van der Waals surface area contributed by atoms with Crippen molar-refractivity contribution < 1.29 is 23.8 Å². The van der Waals surface area contributed by atoms with Gasteiger partial charge in [0.05, 0.1) is 6.10 Å². The number of hydrogen-bond acceptors (Lipinski definition) is 5. The van der Waals surface area contributed by atoms with Gasteiger partial charge in [-0.3, -0.25) is 4.79 Å². The molecule has 1 aromatic rings. The molecule has 0 unspecified atom stereocenters. The van der Waals surface area contributed by atoms with E-state index in [0.717, 1.165) is 24.8 Å². The Morgan fingerprint density at radius 2 is 1.88 bits per heavy atom. The minimum atomic E-state index is -0.547. The number of nitrogens with zero attached hydrogens (tertiary/aromatic N) is 1. The van der Waals surface area contributed by atoms with E-state index in [9.17, 15) is 9.59 Å². The Morgan fingerprint density at radius 1 is 1.17 bits per heavy atom. The lowest BCUT2D eigenvalue weighted by atomic mass is 9.95. The second-order valence-corrected chi connectivity index (χ2v) is 6.03. The highest BCUT2D eigenvalue weighted by Gasteiger charge is 2.25. The number of amides is 1. The first kappa shape index (κ1) is 18.3. The van der Waals surface area contributed by atoms with E-state index in [1.807, 2.05) is 30.3 Å². The molecule has 2 rings (SSSR count). The lowest BCUT2D eigenvalue weighted by Gasteiger charge is -2.28. The average Bonchev–Trinajstić information content (AvgIpc) is 2.60. The molecular formula is C18H25NO5. The van der Waals surface area contributed by atoms with Gasteiger partial charge in [-0.15, -0.1) is 0 Å². The Bertz CT molecular complexity index is 533. The zero-order valence-corrected chi connectivity index (χ0v) is 14.3. The summed E-state index contributed by atoms with van der Waals surface area (Å²) in [6.07, 6.45) is 2.99. The van der Waals surface area contributed by atoms with E-state index in [0.29, 0.717) is 6.42 Å². The highest BCUT2D eigenvalue weighted by Crippen LogP contribution is 2.23. The van der Waals surface area contributed by atoms with Crippen LogP contribution in [0.5, 0.6) is 0 Å². The van der Waals surface area contributed by atoms with Gasteiger partial charge in [0.1, 0.15) is 19.3 Å². The fourth-order valence-corrected chi connectivity index (χ4v) is 2.73. The number of carbonyl (C=O) groups excluding carboxylic acids is 2. The van der Waals surface area contributed by atoms with E-state index in [1.54, 1.807) is 7.11 Å². The molecule has 0 radical (unpaired) electrons. The normalized spacial score (nSPS) is 20.2. The second kappa shape index (κ2) is 9.27. The molecule has 0 bridgehead atoms. The van der Waals surface area contributed by atoms with Crippen molar-refractivity contribution in [2.24, 2.45) is 0 Å². The predicted octanol–water partition coefficient (Wildman–Crippen LogP) is 2.76. The van der Waals surface area contributed by atoms with Crippen LogP contribution in [-0.4, -0.2) is 49.9 Å². The largest absolute Gasteiger partial charge is 0.461 e. The monoisotopic (exact) mass is 335 g/mol. The van der Waals surface area contributed by atoms with Crippen LogP contribution in [0.2, 0.25) is 0 Å². The van der Waals surface area contributed by atoms with Crippen LogP contribution in [-0.2, 0) is 25.6 Å². The average molecular weight is 335 g/mol. The third-order valence-electron chi connectivity index (χ3n) is 4.09. The molecule has 1 aliphatic rings. The summed E-state index contributed by atoms with van der Waals surface area (Å²) in [6, 6.07) is 9.39. The van der Waals surface area contributed by atoms with Crippen molar-refractivity contribution in [3.05, 3.63) is 35.9 Å². The number of rotatable bonds is 6. The Labute approximate surface area is 142 Å². The molecule has 132 valence electrons. The van der Waals surface area contributed by atoms with E-state index >= 15 is 0 Å². The Hall–Kier alpha value is -2.08. The van der Waals surface area contributed by atoms with Crippen LogP contribution < -0.4 is 0 Å². The molecule has 0 spiro atoms. The van der Waals surface area contributed by atoms with Crippen LogP contribution in [0.1, 0.15) is 31.2 Å². The molecule has 0 aromatic heterocycles. The smallest absolute Gasteiger partial charge is 0.410 e. The number of carbonyl (C=O) groups is 2. The maximum Gasteiger partial charge on any atom is 0.410 e. The summed E-state index contributed by atoms with van der Waals surface area (Å²) in [7, 11) is 3.19. The molecule has 6 nitrogen and oxygen atoms in total. The van der Waals surface area contributed by atoms with E-state index in [-0.39, 0.29) is 25.4 Å². The quantitative estimate of drug-likeness (QED) is 0.748. The summed E-state index contributed by atoms with van der Waals surface area (Å²) in [5.74, 6) is -0.420. The van der Waals surface area contributed by atoms with Gasteiger partial charge in [-0.25, -0.2) is 4.79 Å². The molecule has 1 aliphatic carbocycles. The van der Waals surface area contributed by atoms with Gasteiger partial charge >= 0.3 is 12.1 Å². The Kier molecular flexibility index (Phi) is 7.06. The molecule has 0 N–H and O–H groups in total. The van der Waals surface area contributed by atoms with Crippen molar-refractivity contribution in [3.8, 4) is 0 Å². The molecular weight excluding hydrogens is 310 g/mol. The maximum atomic E-state index is 12.0. The van der Waals surface area contributed by atoms with Crippen LogP contribution in [0.3, 0.4) is 0 Å². The molecule has 24 heavy (non-hydrogen) atoms. The zero-order chi connectivity index (χ0) is 17.4. The molecule has 0 aliphatic heterocycles. The summed E-state index contributed by atoms with van der Waals surface area (Å²) < 4.78 is 15.9. The SMILES string of the molecule is CO[C@@H]1CCC[C@@H](OC(=O)CN(C)C(=O)OCc2ccccc2)C1. The minimum Gasteiger partial charge on any atom is -0.461 e. The minimum absolute atomic E-state index is 0.123. The number of hydrogen-bond donors (Lipinski definition) is 0. The highest BCUT2D eigenvalue weighted by atomic mass is 16.6. The topological polar surface area (TPSA) is 65.1 Å². The van der Waals surface area contributed by atoms with Crippen molar-refractivity contribution in [2.45, 2.75) is 44.5 Å². The Balaban J connectivity index is 1.71. The molecule has 1 amide bonds. The van der Waals surface area contributed by atoms with Gasteiger partial charge in [0, 0.05) is 20.6 Å². The standard InChI is InChI=1S/C18H25NO5/c1-19(18(21)23-13-14-7-4-3-5-8-14)12-17(20)24-16-10-6-9-15(11-16)22-2/h3-5,7-8,15-16H,6,9-13H2,1-2H3/t15-,16-/m1/s1. The lowest BCUT2D eigenvalue weighted by molar-refractivity contribution is -0.153. The van der Waals surface area contributed by atoms with Crippen LogP contribution in [0, 0.1) is 0 Å². The third-order valence-corrected chi connectivity index (χ3v) is 4.09. The van der Waals surface area contributed by atoms with Crippen molar-refractivity contribution in [3.63, 3.8) is 0 Å². The molecule has 0 heterocycles. The molecule has 2 atom stereocenters.